The van der Waals surface area contributed by atoms with Gasteiger partial charge in [-0.3, -0.25) is 0 Å². The molecule has 3 rings (SSSR count). The normalized spacial score (nSPS) is 17.7. The second kappa shape index (κ2) is 9.11. The Kier molecular flexibility index (Phi) is 6.74. The van der Waals surface area contributed by atoms with E-state index in [0.29, 0.717) is 0 Å². The van der Waals surface area contributed by atoms with E-state index in [1.54, 1.807) is 12.1 Å². The number of hydrogen-bond acceptors (Lipinski definition) is 1. The largest absolute Gasteiger partial charge is 0.416 e. The van der Waals surface area contributed by atoms with Crippen molar-refractivity contribution in [2.45, 2.75) is 65.6 Å². The van der Waals surface area contributed by atoms with Crippen LogP contribution in [0.15, 0.2) is 77.0 Å². The van der Waals surface area contributed by atoms with E-state index in [9.17, 15) is 13.2 Å². The average molecular weight is 414 g/mol. The summed E-state index contributed by atoms with van der Waals surface area (Å²) < 4.78 is 39.4. The van der Waals surface area contributed by atoms with Gasteiger partial charge in [-0.2, -0.15) is 13.2 Å². The highest BCUT2D eigenvalue weighted by Gasteiger charge is 2.34. The molecule has 1 aliphatic rings. The van der Waals surface area contributed by atoms with Gasteiger partial charge in [0, 0.05) is 11.4 Å². The average Bonchev–Trinajstić information content (AvgIpc) is 2.73. The molecular weight excluding hydrogens is 383 g/mol. The molecule has 0 saturated heterocycles. The van der Waals surface area contributed by atoms with E-state index >= 15 is 0 Å². The number of halogens is 3. The molecule has 30 heavy (non-hydrogen) atoms. The zero-order valence-corrected chi connectivity index (χ0v) is 18.2. The molecule has 0 amide bonds. The third kappa shape index (κ3) is 4.33. The molecule has 1 heterocycles. The van der Waals surface area contributed by atoms with Crippen LogP contribution in [0.3, 0.4) is 0 Å². The van der Waals surface area contributed by atoms with Crippen LogP contribution < -0.4 is 4.90 Å². The summed E-state index contributed by atoms with van der Waals surface area (Å²) in [7, 11) is 0. The predicted molar refractivity (Wildman–Crippen MR) is 118 cm³/mol. The first-order valence-electron chi connectivity index (χ1n) is 10.7. The molecule has 0 radical (unpaired) electrons. The summed E-state index contributed by atoms with van der Waals surface area (Å²) in [5, 5.41) is 0. The fourth-order valence-electron chi connectivity index (χ4n) is 4.52. The summed E-state index contributed by atoms with van der Waals surface area (Å²) in [5.41, 5.74) is 6.48. The maximum atomic E-state index is 13.1. The molecule has 0 spiro atoms. The Bertz CT molecular complexity index is 921. The lowest BCUT2D eigenvalue weighted by Gasteiger charge is -2.42. The fourth-order valence-corrected chi connectivity index (χ4v) is 4.52. The van der Waals surface area contributed by atoms with Gasteiger partial charge in [-0.15, -0.1) is 0 Å². The lowest BCUT2D eigenvalue weighted by Crippen LogP contribution is -2.33. The molecule has 0 aliphatic carbocycles. The van der Waals surface area contributed by atoms with Gasteiger partial charge < -0.3 is 4.90 Å². The summed E-state index contributed by atoms with van der Waals surface area (Å²) >= 11 is 0. The Morgan fingerprint density at radius 2 is 1.43 bits per heavy atom. The molecule has 1 aliphatic heterocycles. The van der Waals surface area contributed by atoms with Gasteiger partial charge in [0.05, 0.1) is 11.6 Å². The van der Waals surface area contributed by atoms with Gasteiger partial charge in [0.15, 0.2) is 0 Å². The highest BCUT2D eigenvalue weighted by Crippen LogP contribution is 2.46. The molecule has 1 unspecified atom stereocenters. The van der Waals surface area contributed by atoms with E-state index in [2.05, 4.69) is 44.7 Å². The molecule has 1 atom stereocenters. The Labute approximate surface area is 177 Å². The number of nitrogens with zero attached hydrogens (tertiary/aromatic N) is 1. The minimum atomic E-state index is -4.33. The van der Waals surface area contributed by atoms with Crippen LogP contribution in [0, 0.1) is 0 Å². The molecule has 0 saturated carbocycles. The maximum Gasteiger partial charge on any atom is 0.416 e. The second-order valence-electron chi connectivity index (χ2n) is 7.94. The van der Waals surface area contributed by atoms with Crippen LogP contribution >= 0.6 is 0 Å². The number of alkyl halides is 3. The lowest BCUT2D eigenvalue weighted by atomic mass is 9.82. The van der Waals surface area contributed by atoms with Crippen LogP contribution in [-0.2, 0) is 6.18 Å². The molecular formula is C26H30F3N. The summed E-state index contributed by atoms with van der Waals surface area (Å²) in [6, 6.07) is 15.9. The van der Waals surface area contributed by atoms with Crippen LogP contribution in [0.1, 0.15) is 70.5 Å². The van der Waals surface area contributed by atoms with Gasteiger partial charge in [-0.25, -0.2) is 0 Å². The van der Waals surface area contributed by atoms with E-state index < -0.39 is 11.7 Å². The minimum Gasteiger partial charge on any atom is -0.334 e. The van der Waals surface area contributed by atoms with Gasteiger partial charge in [0.1, 0.15) is 0 Å². The Hall–Kier alpha value is -2.49. The Morgan fingerprint density at radius 3 is 1.97 bits per heavy atom. The molecule has 160 valence electrons. The first-order chi connectivity index (χ1) is 14.3. The van der Waals surface area contributed by atoms with Crippen molar-refractivity contribution in [2.24, 2.45) is 0 Å². The SMILES string of the molecule is CCCC1=C(C)N(c2ccc(C(F)(F)F)cc2)C(c2ccccc2)C(CCC)=C1C. The topological polar surface area (TPSA) is 3.24 Å². The summed E-state index contributed by atoms with van der Waals surface area (Å²) in [6.45, 7) is 8.65. The zero-order chi connectivity index (χ0) is 21.9. The molecule has 2 aromatic carbocycles. The standard InChI is InChI=1S/C26H30F3N/c1-5-10-23-18(3)24(11-6-2)25(20-12-8-7-9-13-20)30(19(23)4)22-16-14-21(15-17-22)26(27,28)29/h7-9,12-17,25H,5-6,10-11H2,1-4H3. The zero-order valence-electron chi connectivity index (χ0n) is 18.2. The molecule has 0 bridgehead atoms. The van der Waals surface area contributed by atoms with E-state index in [-0.39, 0.29) is 6.04 Å². The van der Waals surface area contributed by atoms with E-state index in [4.69, 9.17) is 0 Å². The van der Waals surface area contributed by atoms with Gasteiger partial charge in [-0.1, -0.05) is 57.0 Å². The van der Waals surface area contributed by atoms with Crippen LogP contribution in [0.4, 0.5) is 18.9 Å². The molecule has 4 heteroatoms. The summed E-state index contributed by atoms with van der Waals surface area (Å²) in [4.78, 5) is 2.23. The molecule has 1 nitrogen and oxygen atoms in total. The fraction of sp³-hybridized carbons (Fsp3) is 0.385. The van der Waals surface area contributed by atoms with Crippen molar-refractivity contribution in [2.75, 3.05) is 4.90 Å². The van der Waals surface area contributed by atoms with Crippen molar-refractivity contribution < 1.29 is 13.2 Å². The summed E-state index contributed by atoms with van der Waals surface area (Å²) in [6.07, 6.45) is -0.358. The van der Waals surface area contributed by atoms with Crippen LogP contribution in [0.2, 0.25) is 0 Å². The number of benzene rings is 2. The first-order valence-corrected chi connectivity index (χ1v) is 10.7. The van der Waals surface area contributed by atoms with Crippen LogP contribution in [0.5, 0.6) is 0 Å². The van der Waals surface area contributed by atoms with E-state index in [1.807, 2.05) is 18.2 Å². The third-order valence-corrected chi connectivity index (χ3v) is 5.93. The van der Waals surface area contributed by atoms with Gasteiger partial charge in [-0.05, 0) is 73.2 Å². The molecule has 0 aromatic heterocycles. The smallest absolute Gasteiger partial charge is 0.334 e. The third-order valence-electron chi connectivity index (χ3n) is 5.93. The molecule has 0 fully saturated rings. The first kappa shape index (κ1) is 22.2. The number of hydrogen-bond donors (Lipinski definition) is 0. The molecule has 0 N–H and O–H groups in total. The quantitative estimate of drug-likeness (QED) is 0.459. The van der Waals surface area contributed by atoms with E-state index in [1.165, 1.54) is 28.9 Å². The number of allylic oxidation sites excluding steroid dienone is 3. The van der Waals surface area contributed by atoms with Gasteiger partial charge in [0.2, 0.25) is 0 Å². The van der Waals surface area contributed by atoms with Crippen molar-refractivity contribution in [1.82, 2.24) is 0 Å². The number of anilines is 1. The Morgan fingerprint density at radius 1 is 0.833 bits per heavy atom. The maximum absolute atomic E-state index is 13.1. The van der Waals surface area contributed by atoms with Crippen molar-refractivity contribution >= 4 is 5.69 Å². The van der Waals surface area contributed by atoms with Gasteiger partial charge >= 0.3 is 6.18 Å². The highest BCUT2D eigenvalue weighted by molar-refractivity contribution is 5.63. The van der Waals surface area contributed by atoms with Crippen molar-refractivity contribution in [3.63, 3.8) is 0 Å². The van der Waals surface area contributed by atoms with Gasteiger partial charge in [0.25, 0.3) is 0 Å². The van der Waals surface area contributed by atoms with Crippen LogP contribution in [0.25, 0.3) is 0 Å². The predicted octanol–water partition coefficient (Wildman–Crippen LogP) is 8.46. The van der Waals surface area contributed by atoms with Crippen LogP contribution in [-0.4, -0.2) is 0 Å². The second-order valence-corrected chi connectivity index (χ2v) is 7.94. The van der Waals surface area contributed by atoms with Crippen molar-refractivity contribution in [1.29, 1.82) is 0 Å². The van der Waals surface area contributed by atoms with Crippen molar-refractivity contribution in [3.8, 4) is 0 Å². The van der Waals surface area contributed by atoms with E-state index in [0.717, 1.165) is 42.6 Å². The highest BCUT2D eigenvalue weighted by atomic mass is 19.4. The summed E-state index contributed by atoms with van der Waals surface area (Å²) in [5.74, 6) is 0. The number of rotatable bonds is 6. The van der Waals surface area contributed by atoms with Crippen molar-refractivity contribution in [3.05, 3.63) is 88.1 Å². The Balaban J connectivity index is 2.20. The molecule has 2 aromatic rings. The monoisotopic (exact) mass is 413 g/mol. The minimum absolute atomic E-state index is 0.0107. The lowest BCUT2D eigenvalue weighted by molar-refractivity contribution is -0.137.